The van der Waals surface area contributed by atoms with Gasteiger partial charge in [-0.1, -0.05) is 6.07 Å². The molecule has 1 heterocycles. The molecular weight excluding hydrogens is 369 g/mol. The fraction of sp³-hybridized carbons (Fsp3) is 0.292. The van der Waals surface area contributed by atoms with Gasteiger partial charge in [0.15, 0.2) is 0 Å². The number of halogens is 1. The first-order valence-corrected chi connectivity index (χ1v) is 9.64. The van der Waals surface area contributed by atoms with Crippen molar-refractivity contribution in [1.29, 1.82) is 0 Å². The second kappa shape index (κ2) is 8.11. The maximum atomic E-state index is 13.7. The van der Waals surface area contributed by atoms with Gasteiger partial charge in [0.05, 0.1) is 6.61 Å². The molecule has 0 unspecified atom stereocenters. The van der Waals surface area contributed by atoms with Crippen LogP contribution in [0.4, 0.5) is 10.1 Å². The molecule has 152 valence electrons. The second-order valence-electron chi connectivity index (χ2n) is 7.25. The molecule has 5 heteroatoms. The van der Waals surface area contributed by atoms with E-state index in [2.05, 4.69) is 5.32 Å². The van der Waals surface area contributed by atoms with Crippen LogP contribution in [0.5, 0.6) is 5.75 Å². The number of anilines is 1. The minimum Gasteiger partial charge on any atom is -0.493 e. The van der Waals surface area contributed by atoms with Crippen molar-refractivity contribution in [3.8, 4) is 5.75 Å². The number of carbonyl (C=O) groups excluding carboxylic acids is 1. The normalized spacial score (nSPS) is 11.8. The molecule has 0 saturated heterocycles. The molecule has 3 rings (SSSR count). The maximum absolute atomic E-state index is 13.7. The summed E-state index contributed by atoms with van der Waals surface area (Å²) in [6.07, 6.45) is 1.50. The summed E-state index contributed by atoms with van der Waals surface area (Å²) in [5, 5.41) is 3.72. The van der Waals surface area contributed by atoms with Crippen molar-refractivity contribution in [2.75, 3.05) is 11.9 Å². The van der Waals surface area contributed by atoms with E-state index in [1.165, 1.54) is 12.1 Å². The van der Waals surface area contributed by atoms with Gasteiger partial charge in [0.25, 0.3) is 0 Å². The monoisotopic (exact) mass is 395 g/mol. The molecule has 0 saturated carbocycles. The molecule has 1 aromatic heterocycles. The van der Waals surface area contributed by atoms with Crippen molar-refractivity contribution < 1.29 is 18.3 Å². The van der Waals surface area contributed by atoms with Crippen LogP contribution < -0.4 is 10.1 Å². The first kappa shape index (κ1) is 20.6. The number of nitrogens with one attached hydrogen (secondary N) is 1. The molecule has 0 aliphatic heterocycles. The molecule has 0 fully saturated rings. The van der Waals surface area contributed by atoms with E-state index in [1.54, 1.807) is 19.1 Å². The standard InChI is InChI=1S/C24H26FNO3/c1-7-28-23-16(5)24-20(15(4)17(6)29-24)12-19(23)14(3)10-22(27)26-18-9-8-13(2)21(25)11-18/h8-12H,7H2,1-6H3,(H,26,27)/b14-10+. The number of carbonyl (C=O) groups is 1. The van der Waals surface area contributed by atoms with Crippen LogP contribution in [-0.4, -0.2) is 12.5 Å². The smallest absolute Gasteiger partial charge is 0.248 e. The number of rotatable bonds is 5. The summed E-state index contributed by atoms with van der Waals surface area (Å²) >= 11 is 0. The van der Waals surface area contributed by atoms with Gasteiger partial charge in [0.2, 0.25) is 5.91 Å². The summed E-state index contributed by atoms with van der Waals surface area (Å²) < 4.78 is 25.5. The minimum absolute atomic E-state index is 0.328. The van der Waals surface area contributed by atoms with Crippen LogP contribution >= 0.6 is 0 Å². The Labute approximate surface area is 170 Å². The molecule has 0 atom stereocenters. The lowest BCUT2D eigenvalue weighted by Gasteiger charge is -2.14. The Morgan fingerprint density at radius 1 is 1.17 bits per heavy atom. The van der Waals surface area contributed by atoms with Crippen LogP contribution in [0.1, 0.15) is 41.9 Å². The van der Waals surface area contributed by atoms with Gasteiger partial charge in [-0.15, -0.1) is 0 Å². The van der Waals surface area contributed by atoms with Crippen molar-refractivity contribution in [2.45, 2.75) is 41.5 Å². The Morgan fingerprint density at radius 3 is 2.55 bits per heavy atom. The lowest BCUT2D eigenvalue weighted by atomic mass is 9.98. The average molecular weight is 395 g/mol. The Morgan fingerprint density at radius 2 is 1.90 bits per heavy atom. The zero-order valence-corrected chi connectivity index (χ0v) is 17.7. The molecule has 29 heavy (non-hydrogen) atoms. The second-order valence-corrected chi connectivity index (χ2v) is 7.25. The third-order valence-electron chi connectivity index (χ3n) is 5.15. The molecule has 4 nitrogen and oxygen atoms in total. The fourth-order valence-electron chi connectivity index (χ4n) is 3.36. The predicted molar refractivity (Wildman–Crippen MR) is 115 cm³/mol. The molecule has 3 aromatic rings. The topological polar surface area (TPSA) is 51.5 Å². The SMILES string of the molecule is CCOc1c(/C(C)=C/C(=O)Nc2ccc(C)c(F)c2)cc2c(C)c(C)oc2c1C. The van der Waals surface area contributed by atoms with E-state index in [0.29, 0.717) is 23.6 Å². The van der Waals surface area contributed by atoms with Gasteiger partial charge in [0.1, 0.15) is 22.9 Å². The molecule has 1 amide bonds. The Bertz CT molecular complexity index is 1130. The predicted octanol–water partition coefficient (Wildman–Crippen LogP) is 6.25. The van der Waals surface area contributed by atoms with Crippen molar-refractivity contribution >= 4 is 28.1 Å². The van der Waals surface area contributed by atoms with Gasteiger partial charge in [-0.05, 0) is 76.4 Å². The summed E-state index contributed by atoms with van der Waals surface area (Å²) in [5.41, 5.74) is 5.32. The number of furan rings is 1. The van der Waals surface area contributed by atoms with E-state index in [0.717, 1.165) is 39.0 Å². The summed E-state index contributed by atoms with van der Waals surface area (Å²) in [5.74, 6) is 0.889. The highest BCUT2D eigenvalue weighted by Crippen LogP contribution is 2.38. The van der Waals surface area contributed by atoms with Crippen molar-refractivity contribution in [3.63, 3.8) is 0 Å². The van der Waals surface area contributed by atoms with E-state index in [4.69, 9.17) is 9.15 Å². The molecule has 0 bridgehead atoms. The molecule has 2 aromatic carbocycles. The zero-order chi connectivity index (χ0) is 21.3. The molecule has 1 N–H and O–H groups in total. The van der Waals surface area contributed by atoms with E-state index >= 15 is 0 Å². The summed E-state index contributed by atoms with van der Waals surface area (Å²) in [6, 6.07) is 6.63. The third kappa shape index (κ3) is 4.04. The molecule has 0 aliphatic rings. The summed E-state index contributed by atoms with van der Waals surface area (Å²) in [7, 11) is 0. The molecule has 0 spiro atoms. The number of allylic oxidation sites excluding steroid dienone is 1. The number of fused-ring (bicyclic) bond motifs is 1. The van der Waals surface area contributed by atoms with Crippen molar-refractivity contribution in [3.05, 3.63) is 64.2 Å². The summed E-state index contributed by atoms with van der Waals surface area (Å²) in [6.45, 7) is 11.9. The highest BCUT2D eigenvalue weighted by atomic mass is 19.1. The Hall–Kier alpha value is -3.08. The minimum atomic E-state index is -0.353. The number of hydrogen-bond acceptors (Lipinski definition) is 3. The average Bonchev–Trinajstić information content (AvgIpc) is 2.95. The highest BCUT2D eigenvalue weighted by molar-refractivity contribution is 6.05. The Balaban J connectivity index is 2.00. The first-order chi connectivity index (χ1) is 13.7. The fourth-order valence-corrected chi connectivity index (χ4v) is 3.36. The van der Waals surface area contributed by atoms with E-state index in [9.17, 15) is 9.18 Å². The molecular formula is C24H26FNO3. The van der Waals surface area contributed by atoms with Crippen LogP contribution in [0.15, 0.2) is 34.8 Å². The number of ether oxygens (including phenoxy) is 1. The van der Waals surface area contributed by atoms with Crippen molar-refractivity contribution in [2.24, 2.45) is 0 Å². The maximum Gasteiger partial charge on any atom is 0.248 e. The number of aryl methyl sites for hydroxylation is 4. The largest absolute Gasteiger partial charge is 0.493 e. The highest BCUT2D eigenvalue weighted by Gasteiger charge is 2.19. The lowest BCUT2D eigenvalue weighted by molar-refractivity contribution is -0.111. The van der Waals surface area contributed by atoms with Crippen molar-refractivity contribution in [1.82, 2.24) is 0 Å². The molecule has 0 radical (unpaired) electrons. The van der Waals surface area contributed by atoms with E-state index in [-0.39, 0.29) is 11.7 Å². The van der Waals surface area contributed by atoms with Gasteiger partial charge < -0.3 is 14.5 Å². The van der Waals surface area contributed by atoms with Crippen LogP contribution in [-0.2, 0) is 4.79 Å². The van der Waals surface area contributed by atoms with Gasteiger partial charge in [-0.25, -0.2) is 4.39 Å². The quantitative estimate of drug-likeness (QED) is 0.520. The van der Waals surface area contributed by atoms with Gasteiger partial charge in [-0.2, -0.15) is 0 Å². The van der Waals surface area contributed by atoms with E-state index in [1.807, 2.05) is 40.7 Å². The van der Waals surface area contributed by atoms with Crippen LogP contribution in [0, 0.1) is 33.5 Å². The number of benzene rings is 2. The van der Waals surface area contributed by atoms with Gasteiger partial charge >= 0.3 is 0 Å². The Kier molecular flexibility index (Phi) is 5.78. The molecule has 0 aliphatic carbocycles. The third-order valence-corrected chi connectivity index (χ3v) is 5.15. The van der Waals surface area contributed by atoms with Crippen LogP contribution in [0.3, 0.4) is 0 Å². The van der Waals surface area contributed by atoms with Crippen LogP contribution in [0.2, 0.25) is 0 Å². The number of hydrogen-bond donors (Lipinski definition) is 1. The first-order valence-electron chi connectivity index (χ1n) is 9.64. The van der Waals surface area contributed by atoms with Gasteiger partial charge in [0, 0.05) is 28.3 Å². The number of amides is 1. The van der Waals surface area contributed by atoms with Crippen LogP contribution in [0.25, 0.3) is 16.5 Å². The lowest BCUT2D eigenvalue weighted by Crippen LogP contribution is -2.09. The van der Waals surface area contributed by atoms with Gasteiger partial charge in [-0.3, -0.25) is 4.79 Å². The summed E-state index contributed by atoms with van der Waals surface area (Å²) in [4.78, 5) is 12.5. The zero-order valence-electron chi connectivity index (χ0n) is 17.7. The van der Waals surface area contributed by atoms with E-state index < -0.39 is 0 Å².